The third-order valence-corrected chi connectivity index (χ3v) is 3.84. The molecule has 0 saturated carbocycles. The summed E-state index contributed by atoms with van der Waals surface area (Å²) in [7, 11) is 0. The van der Waals surface area contributed by atoms with Crippen molar-refractivity contribution in [1.82, 2.24) is 10.6 Å². The lowest BCUT2D eigenvalue weighted by Crippen LogP contribution is -2.51. The number of aliphatic carboxylic acids is 1. The Labute approximate surface area is 106 Å². The van der Waals surface area contributed by atoms with E-state index in [0.29, 0.717) is 6.42 Å². The first-order chi connectivity index (χ1) is 7.89. The molecule has 0 aromatic rings. The Morgan fingerprint density at radius 1 is 1.47 bits per heavy atom. The van der Waals surface area contributed by atoms with Crippen molar-refractivity contribution >= 4 is 23.8 Å². The van der Waals surface area contributed by atoms with Gasteiger partial charge < -0.3 is 15.7 Å². The molecule has 1 aliphatic rings. The number of amides is 2. The van der Waals surface area contributed by atoms with Crippen LogP contribution >= 0.6 is 11.8 Å². The summed E-state index contributed by atoms with van der Waals surface area (Å²) in [5.74, 6) is 1.21. The van der Waals surface area contributed by atoms with Crippen molar-refractivity contribution in [2.24, 2.45) is 0 Å². The Balaban J connectivity index is 2.29. The molecule has 3 N–H and O–H groups in total. The van der Waals surface area contributed by atoms with Crippen LogP contribution in [0, 0.1) is 0 Å². The van der Waals surface area contributed by atoms with E-state index >= 15 is 0 Å². The number of rotatable bonds is 5. The van der Waals surface area contributed by atoms with Crippen LogP contribution in [0.25, 0.3) is 0 Å². The molecule has 2 amide bonds. The van der Waals surface area contributed by atoms with Gasteiger partial charge in [-0.15, -0.1) is 0 Å². The minimum Gasteiger partial charge on any atom is -0.481 e. The van der Waals surface area contributed by atoms with E-state index < -0.39 is 11.5 Å². The van der Waals surface area contributed by atoms with Gasteiger partial charge in [0.1, 0.15) is 0 Å². The molecule has 0 spiro atoms. The Kier molecular flexibility index (Phi) is 5.11. The van der Waals surface area contributed by atoms with Gasteiger partial charge in [-0.05, 0) is 32.4 Å². The predicted molar refractivity (Wildman–Crippen MR) is 68.3 cm³/mol. The average Bonchev–Trinajstić information content (AvgIpc) is 2.66. The Morgan fingerprint density at radius 2 is 2.18 bits per heavy atom. The topological polar surface area (TPSA) is 78.4 Å². The number of thioether (sulfide) groups is 1. The number of hydrogen-bond donors (Lipinski definition) is 3. The molecule has 6 heteroatoms. The zero-order chi connectivity index (χ0) is 12.9. The SMILES string of the molecule is CC(C)(CCC(=O)O)NC(=O)NC1CCSC1. The Morgan fingerprint density at radius 3 is 2.71 bits per heavy atom. The van der Waals surface area contributed by atoms with E-state index in [0.717, 1.165) is 17.9 Å². The van der Waals surface area contributed by atoms with Crippen LogP contribution in [0.5, 0.6) is 0 Å². The second-order valence-corrected chi connectivity index (χ2v) is 6.09. The van der Waals surface area contributed by atoms with E-state index in [-0.39, 0.29) is 18.5 Å². The number of carboxylic acids is 1. The third-order valence-electron chi connectivity index (χ3n) is 2.68. The van der Waals surface area contributed by atoms with Gasteiger partial charge in [-0.1, -0.05) is 0 Å². The third kappa shape index (κ3) is 5.81. The molecule has 0 aromatic carbocycles. The predicted octanol–water partition coefficient (Wildman–Crippen LogP) is 1.43. The quantitative estimate of drug-likeness (QED) is 0.699. The van der Waals surface area contributed by atoms with Gasteiger partial charge in [0.05, 0.1) is 0 Å². The molecule has 98 valence electrons. The minimum atomic E-state index is -0.840. The first kappa shape index (κ1) is 14.2. The summed E-state index contributed by atoms with van der Waals surface area (Å²) in [4.78, 5) is 22.2. The van der Waals surface area contributed by atoms with Crippen LogP contribution in [-0.2, 0) is 4.79 Å². The summed E-state index contributed by atoms with van der Waals surface area (Å²) < 4.78 is 0. The summed E-state index contributed by atoms with van der Waals surface area (Å²) >= 11 is 1.84. The monoisotopic (exact) mass is 260 g/mol. The maximum atomic E-state index is 11.7. The lowest BCUT2D eigenvalue weighted by atomic mass is 9.99. The summed E-state index contributed by atoms with van der Waals surface area (Å²) in [6, 6.07) is 0.0446. The molecule has 1 rings (SSSR count). The molecule has 1 fully saturated rings. The van der Waals surface area contributed by atoms with Crippen molar-refractivity contribution in [3.05, 3.63) is 0 Å². The molecule has 17 heavy (non-hydrogen) atoms. The van der Waals surface area contributed by atoms with Crippen molar-refractivity contribution in [3.8, 4) is 0 Å². The van der Waals surface area contributed by atoms with Crippen molar-refractivity contribution in [1.29, 1.82) is 0 Å². The second kappa shape index (κ2) is 6.14. The normalized spacial score (nSPS) is 20.0. The van der Waals surface area contributed by atoms with Gasteiger partial charge in [0.15, 0.2) is 0 Å². The van der Waals surface area contributed by atoms with Crippen LogP contribution in [0.1, 0.15) is 33.1 Å². The van der Waals surface area contributed by atoms with Crippen LogP contribution in [0.15, 0.2) is 0 Å². The van der Waals surface area contributed by atoms with Crippen LogP contribution < -0.4 is 10.6 Å². The molecule has 5 nitrogen and oxygen atoms in total. The number of hydrogen-bond acceptors (Lipinski definition) is 3. The first-order valence-corrected chi connectivity index (χ1v) is 6.93. The van der Waals surface area contributed by atoms with E-state index in [4.69, 9.17) is 5.11 Å². The first-order valence-electron chi connectivity index (χ1n) is 5.77. The van der Waals surface area contributed by atoms with Gasteiger partial charge in [0, 0.05) is 23.8 Å². The standard InChI is InChI=1S/C11H20N2O3S/c1-11(2,5-3-9(14)15)13-10(16)12-8-4-6-17-7-8/h8H,3-7H2,1-2H3,(H,14,15)(H2,12,13,16). The van der Waals surface area contributed by atoms with E-state index in [9.17, 15) is 9.59 Å². The molecule has 1 heterocycles. The van der Waals surface area contributed by atoms with E-state index in [1.807, 2.05) is 25.6 Å². The summed E-state index contributed by atoms with van der Waals surface area (Å²) in [5.41, 5.74) is -0.492. The number of nitrogens with one attached hydrogen (secondary N) is 2. The molecule has 1 unspecified atom stereocenters. The Bertz CT molecular complexity index is 288. The minimum absolute atomic E-state index is 0.0621. The highest BCUT2D eigenvalue weighted by molar-refractivity contribution is 7.99. The van der Waals surface area contributed by atoms with E-state index in [2.05, 4.69) is 10.6 Å². The lowest BCUT2D eigenvalue weighted by molar-refractivity contribution is -0.137. The van der Waals surface area contributed by atoms with Gasteiger partial charge in [0.2, 0.25) is 0 Å². The fourth-order valence-corrected chi connectivity index (χ4v) is 2.81. The van der Waals surface area contributed by atoms with Crippen LogP contribution in [0.3, 0.4) is 0 Å². The number of carbonyl (C=O) groups excluding carboxylic acids is 1. The van der Waals surface area contributed by atoms with Gasteiger partial charge >= 0.3 is 12.0 Å². The molecule has 0 bridgehead atoms. The maximum absolute atomic E-state index is 11.7. The van der Waals surface area contributed by atoms with Gasteiger partial charge in [-0.2, -0.15) is 11.8 Å². The average molecular weight is 260 g/mol. The van der Waals surface area contributed by atoms with Crippen LogP contribution in [-0.4, -0.2) is 40.2 Å². The molecule has 1 aliphatic heterocycles. The molecule has 0 aliphatic carbocycles. The smallest absolute Gasteiger partial charge is 0.315 e. The second-order valence-electron chi connectivity index (χ2n) is 4.94. The number of carboxylic acid groups (broad SMARTS) is 1. The van der Waals surface area contributed by atoms with Gasteiger partial charge in [-0.25, -0.2) is 4.79 Å². The van der Waals surface area contributed by atoms with Gasteiger partial charge in [-0.3, -0.25) is 4.79 Å². The highest BCUT2D eigenvalue weighted by Gasteiger charge is 2.24. The summed E-state index contributed by atoms with van der Waals surface area (Å²) in [6.45, 7) is 3.66. The van der Waals surface area contributed by atoms with E-state index in [1.54, 1.807) is 0 Å². The molecule has 0 aromatic heterocycles. The van der Waals surface area contributed by atoms with Crippen LogP contribution in [0.2, 0.25) is 0 Å². The van der Waals surface area contributed by atoms with Crippen LogP contribution in [0.4, 0.5) is 4.79 Å². The molecular formula is C11H20N2O3S. The Hall–Kier alpha value is -0.910. The molecule has 0 radical (unpaired) electrons. The van der Waals surface area contributed by atoms with Crippen molar-refractivity contribution < 1.29 is 14.7 Å². The highest BCUT2D eigenvalue weighted by atomic mass is 32.2. The highest BCUT2D eigenvalue weighted by Crippen LogP contribution is 2.17. The van der Waals surface area contributed by atoms with E-state index in [1.165, 1.54) is 0 Å². The zero-order valence-electron chi connectivity index (χ0n) is 10.3. The maximum Gasteiger partial charge on any atom is 0.315 e. The molecular weight excluding hydrogens is 240 g/mol. The van der Waals surface area contributed by atoms with Crippen molar-refractivity contribution in [3.63, 3.8) is 0 Å². The number of carbonyl (C=O) groups is 2. The fraction of sp³-hybridized carbons (Fsp3) is 0.818. The van der Waals surface area contributed by atoms with Crippen molar-refractivity contribution in [2.75, 3.05) is 11.5 Å². The number of urea groups is 1. The van der Waals surface area contributed by atoms with Gasteiger partial charge in [0.25, 0.3) is 0 Å². The zero-order valence-corrected chi connectivity index (χ0v) is 11.1. The lowest BCUT2D eigenvalue weighted by Gasteiger charge is -2.26. The summed E-state index contributed by atoms with van der Waals surface area (Å²) in [5, 5.41) is 14.3. The largest absolute Gasteiger partial charge is 0.481 e. The molecule has 1 atom stereocenters. The fourth-order valence-electron chi connectivity index (χ4n) is 1.66. The van der Waals surface area contributed by atoms with Crippen molar-refractivity contribution in [2.45, 2.75) is 44.7 Å². The molecule has 1 saturated heterocycles. The summed E-state index contributed by atoms with van der Waals surface area (Å²) in [6.07, 6.45) is 1.50.